The monoisotopic (exact) mass is 525 g/mol. The summed E-state index contributed by atoms with van der Waals surface area (Å²) >= 11 is 1.61. The van der Waals surface area contributed by atoms with Crippen LogP contribution in [0.4, 0.5) is 4.79 Å². The Labute approximate surface area is 190 Å². The zero-order valence-corrected chi connectivity index (χ0v) is 21.1. The molecule has 0 aliphatic carbocycles. The maximum atomic E-state index is 12.0. The summed E-state index contributed by atoms with van der Waals surface area (Å²) in [5, 5.41) is 9.58. The minimum atomic E-state index is -0.501. The normalized spacial score (nSPS) is 12.7. The lowest BCUT2D eigenvalue weighted by Gasteiger charge is -2.24. The van der Waals surface area contributed by atoms with Crippen molar-refractivity contribution >= 4 is 47.4 Å². The van der Waals surface area contributed by atoms with E-state index in [2.05, 4.69) is 32.9 Å². The third kappa shape index (κ3) is 11.7. The Kier molecular flexibility index (Phi) is 13.4. The first kappa shape index (κ1) is 26.9. The predicted molar refractivity (Wildman–Crippen MR) is 128 cm³/mol. The molecule has 1 aromatic rings. The van der Waals surface area contributed by atoms with Gasteiger partial charge in [0.2, 0.25) is 0 Å². The van der Waals surface area contributed by atoms with Crippen LogP contribution >= 0.6 is 35.3 Å². The Bertz CT molecular complexity index is 601. The Hall–Kier alpha value is -1.10. The Balaban J connectivity index is 0.00000729. The summed E-state index contributed by atoms with van der Waals surface area (Å²) in [5.41, 5.74) is 2.36. The lowest BCUT2D eigenvalue weighted by Crippen LogP contribution is -2.49. The van der Waals surface area contributed by atoms with Crippen molar-refractivity contribution in [2.75, 3.05) is 13.1 Å². The maximum Gasteiger partial charge on any atom is 0.407 e. The standard InChI is InChI=1S/C19H35N5O2S.HI/c1-7-9-10-15(11-22-18(25)26-19(4,5)6)24-17(20-8-2)21-12-16-14(3)23-13-27-16;/h13,15H,7-12H2,1-6H3,(H,22,25)(H2,20,21,24);1H. The first-order valence-corrected chi connectivity index (χ1v) is 10.5. The zero-order valence-electron chi connectivity index (χ0n) is 17.9. The number of alkyl carbamates (subject to hydrolysis) is 1. The van der Waals surface area contributed by atoms with Gasteiger partial charge < -0.3 is 20.7 Å². The highest BCUT2D eigenvalue weighted by molar-refractivity contribution is 14.0. The molecule has 1 unspecified atom stereocenters. The second-order valence-electron chi connectivity index (χ2n) is 7.42. The summed E-state index contributed by atoms with van der Waals surface area (Å²) < 4.78 is 5.33. The van der Waals surface area contributed by atoms with Gasteiger partial charge in [0.25, 0.3) is 0 Å². The van der Waals surface area contributed by atoms with Crippen LogP contribution in [0.3, 0.4) is 0 Å². The Morgan fingerprint density at radius 2 is 2.04 bits per heavy atom. The van der Waals surface area contributed by atoms with Crippen molar-refractivity contribution in [3.8, 4) is 0 Å². The molecule has 0 fully saturated rings. The number of carbonyl (C=O) groups is 1. The van der Waals surface area contributed by atoms with Crippen molar-refractivity contribution < 1.29 is 9.53 Å². The lowest BCUT2D eigenvalue weighted by molar-refractivity contribution is 0.0523. The first-order chi connectivity index (χ1) is 12.7. The van der Waals surface area contributed by atoms with Gasteiger partial charge in [0, 0.05) is 24.0 Å². The number of nitrogens with zero attached hydrogens (tertiary/aromatic N) is 2. The topological polar surface area (TPSA) is 87.6 Å². The molecule has 1 rings (SSSR count). The number of hydrogen-bond acceptors (Lipinski definition) is 5. The molecule has 1 aromatic heterocycles. The second kappa shape index (κ2) is 14.0. The zero-order chi connectivity index (χ0) is 20.3. The number of hydrogen-bond donors (Lipinski definition) is 3. The molecule has 162 valence electrons. The Morgan fingerprint density at radius 1 is 1.32 bits per heavy atom. The lowest BCUT2D eigenvalue weighted by atomic mass is 10.1. The van der Waals surface area contributed by atoms with Gasteiger partial charge in [-0.25, -0.2) is 14.8 Å². The van der Waals surface area contributed by atoms with Crippen molar-refractivity contribution in [3.63, 3.8) is 0 Å². The fraction of sp³-hybridized carbons (Fsp3) is 0.737. The third-order valence-corrected chi connectivity index (χ3v) is 4.63. The van der Waals surface area contributed by atoms with Gasteiger partial charge in [0.1, 0.15) is 5.60 Å². The molecule has 9 heteroatoms. The number of aromatic nitrogens is 1. The number of carbonyl (C=O) groups excluding carboxylic acids is 1. The maximum absolute atomic E-state index is 12.0. The van der Waals surface area contributed by atoms with Gasteiger partial charge in [-0.2, -0.15) is 0 Å². The number of halogens is 1. The fourth-order valence-corrected chi connectivity index (χ4v) is 3.04. The van der Waals surface area contributed by atoms with Crippen molar-refractivity contribution in [2.45, 2.75) is 79.0 Å². The van der Waals surface area contributed by atoms with Crippen LogP contribution in [0.1, 0.15) is 64.5 Å². The van der Waals surface area contributed by atoms with E-state index in [9.17, 15) is 4.79 Å². The fourth-order valence-electron chi connectivity index (χ4n) is 2.34. The molecular weight excluding hydrogens is 489 g/mol. The molecule has 28 heavy (non-hydrogen) atoms. The summed E-state index contributed by atoms with van der Waals surface area (Å²) in [7, 11) is 0. The van der Waals surface area contributed by atoms with Gasteiger partial charge in [0.05, 0.1) is 17.7 Å². The minimum Gasteiger partial charge on any atom is -0.444 e. The molecule has 1 heterocycles. The summed E-state index contributed by atoms with van der Waals surface area (Å²) in [6.45, 7) is 13.6. The van der Waals surface area contributed by atoms with E-state index in [-0.39, 0.29) is 30.0 Å². The van der Waals surface area contributed by atoms with Crippen molar-refractivity contribution in [1.82, 2.24) is 20.9 Å². The molecule has 0 aliphatic heterocycles. The highest BCUT2D eigenvalue weighted by atomic mass is 127. The Morgan fingerprint density at radius 3 is 2.57 bits per heavy atom. The molecule has 1 amide bonds. The number of amides is 1. The van der Waals surface area contributed by atoms with E-state index in [0.717, 1.165) is 42.3 Å². The number of aliphatic imine (C=N–C) groups is 1. The number of nitrogens with one attached hydrogen (secondary N) is 3. The van der Waals surface area contributed by atoms with E-state index in [0.29, 0.717) is 13.1 Å². The number of guanidine groups is 1. The van der Waals surface area contributed by atoms with Crippen molar-refractivity contribution in [2.24, 2.45) is 4.99 Å². The van der Waals surface area contributed by atoms with Gasteiger partial charge in [-0.15, -0.1) is 35.3 Å². The van der Waals surface area contributed by atoms with E-state index < -0.39 is 11.7 Å². The molecule has 0 saturated heterocycles. The first-order valence-electron chi connectivity index (χ1n) is 9.65. The summed E-state index contributed by atoms with van der Waals surface area (Å²) in [5.74, 6) is 0.748. The van der Waals surface area contributed by atoms with Crippen LogP contribution < -0.4 is 16.0 Å². The van der Waals surface area contributed by atoms with Gasteiger partial charge in [-0.1, -0.05) is 19.8 Å². The number of ether oxygens (including phenoxy) is 1. The largest absolute Gasteiger partial charge is 0.444 e. The van der Waals surface area contributed by atoms with Crippen molar-refractivity contribution in [3.05, 3.63) is 16.1 Å². The number of thiazole rings is 1. The number of unbranched alkanes of at least 4 members (excludes halogenated alkanes) is 1. The number of aryl methyl sites for hydroxylation is 1. The SMILES string of the molecule is CCCCC(CNC(=O)OC(C)(C)C)NC(=NCc1scnc1C)NCC.I. The van der Waals surface area contributed by atoms with Crippen LogP contribution in [0, 0.1) is 6.92 Å². The van der Waals surface area contributed by atoms with E-state index in [1.165, 1.54) is 0 Å². The average molecular weight is 526 g/mol. The smallest absolute Gasteiger partial charge is 0.407 e. The molecule has 3 N–H and O–H groups in total. The van der Waals surface area contributed by atoms with E-state index in [1.807, 2.05) is 40.1 Å². The minimum absolute atomic E-state index is 0. The summed E-state index contributed by atoms with van der Waals surface area (Å²) in [6.07, 6.45) is 2.71. The second-order valence-corrected chi connectivity index (χ2v) is 8.36. The molecule has 0 spiro atoms. The molecule has 1 atom stereocenters. The summed E-state index contributed by atoms with van der Waals surface area (Å²) in [6, 6.07) is 0.0813. The van der Waals surface area contributed by atoms with E-state index in [4.69, 9.17) is 4.74 Å². The highest BCUT2D eigenvalue weighted by Crippen LogP contribution is 2.13. The van der Waals surface area contributed by atoms with Crippen molar-refractivity contribution in [1.29, 1.82) is 0 Å². The molecule has 0 radical (unpaired) electrons. The molecule has 7 nitrogen and oxygen atoms in total. The molecule has 0 saturated carbocycles. The van der Waals surface area contributed by atoms with Crippen LogP contribution in [-0.2, 0) is 11.3 Å². The highest BCUT2D eigenvalue weighted by Gasteiger charge is 2.18. The van der Waals surface area contributed by atoms with E-state index in [1.54, 1.807) is 11.3 Å². The van der Waals surface area contributed by atoms with Crippen LogP contribution in [-0.4, -0.2) is 41.8 Å². The van der Waals surface area contributed by atoms with Gasteiger partial charge in [0.15, 0.2) is 5.96 Å². The van der Waals surface area contributed by atoms with Gasteiger partial charge in [-0.3, -0.25) is 0 Å². The number of rotatable bonds is 9. The molecular formula is C19H36IN5O2S. The molecule has 0 aromatic carbocycles. The molecule has 0 bridgehead atoms. The average Bonchev–Trinajstić information content (AvgIpc) is 2.98. The van der Waals surface area contributed by atoms with Crippen LogP contribution in [0.25, 0.3) is 0 Å². The quantitative estimate of drug-likeness (QED) is 0.256. The van der Waals surface area contributed by atoms with Crippen LogP contribution in [0.5, 0.6) is 0 Å². The van der Waals surface area contributed by atoms with Gasteiger partial charge >= 0.3 is 6.09 Å². The van der Waals surface area contributed by atoms with Gasteiger partial charge in [-0.05, 0) is 41.0 Å². The van der Waals surface area contributed by atoms with Crippen LogP contribution in [0.2, 0.25) is 0 Å². The van der Waals surface area contributed by atoms with E-state index >= 15 is 0 Å². The predicted octanol–water partition coefficient (Wildman–Crippen LogP) is 4.21. The third-order valence-electron chi connectivity index (χ3n) is 3.71. The molecule has 0 aliphatic rings. The van der Waals surface area contributed by atoms with Crippen LogP contribution in [0.15, 0.2) is 10.5 Å². The summed E-state index contributed by atoms with van der Waals surface area (Å²) in [4.78, 5) is 22.1.